The zero-order valence-corrected chi connectivity index (χ0v) is 28.1. The van der Waals surface area contributed by atoms with Gasteiger partial charge in [0.25, 0.3) is 16.0 Å². The SMILES string of the molecule is CC(C)C[C@@H](C(=O)NN(CCc1ccccc1)C(=O)[C@@H](C)N)[C@H](CC=Cc1ccccc1)C(=O)NO.Cc1ccc(S(=O)(=O)O)cc1. The lowest BCUT2D eigenvalue weighted by molar-refractivity contribution is -0.147. The third-order valence-electron chi connectivity index (χ3n) is 7.18. The molecule has 47 heavy (non-hydrogen) atoms. The highest BCUT2D eigenvalue weighted by molar-refractivity contribution is 7.85. The topological polar surface area (TPSA) is 179 Å². The van der Waals surface area contributed by atoms with Gasteiger partial charge in [0, 0.05) is 6.54 Å². The Morgan fingerprint density at radius 2 is 1.45 bits per heavy atom. The number of hydroxylamine groups is 1. The Kier molecular flexibility index (Phi) is 16.0. The van der Waals surface area contributed by atoms with Crippen LogP contribution in [-0.4, -0.2) is 53.5 Å². The van der Waals surface area contributed by atoms with Gasteiger partial charge in [0.15, 0.2) is 0 Å². The zero-order valence-electron chi connectivity index (χ0n) is 27.2. The number of carbonyl (C=O) groups excluding carboxylic acids is 3. The Labute approximate surface area is 277 Å². The monoisotopic (exact) mass is 666 g/mol. The van der Waals surface area contributed by atoms with Crippen molar-refractivity contribution < 1.29 is 32.6 Å². The Bertz CT molecular complexity index is 1550. The summed E-state index contributed by atoms with van der Waals surface area (Å²) >= 11 is 0. The van der Waals surface area contributed by atoms with Gasteiger partial charge >= 0.3 is 0 Å². The van der Waals surface area contributed by atoms with Gasteiger partial charge in [0.05, 0.1) is 22.8 Å². The molecule has 12 heteroatoms. The van der Waals surface area contributed by atoms with Crippen molar-refractivity contribution in [1.29, 1.82) is 0 Å². The first-order chi connectivity index (χ1) is 22.2. The van der Waals surface area contributed by atoms with Crippen LogP contribution in [0.4, 0.5) is 0 Å². The standard InChI is InChI=1S/C28H38N4O4.C7H8O3S/c1-20(2)19-25(24(27(34)31-36)16-10-15-22-11-6-4-7-12-22)26(33)30-32(28(35)21(3)29)18-17-23-13-8-5-9-14-23;1-6-2-4-7(5-3-6)11(8,9)10/h4-15,20-21,24-25,36H,16-19,29H2,1-3H3,(H,30,33)(H,31,34);2-5H,1H3,(H,8,9,10)/t21-,24+,25-;/m1./s1. The second kappa shape index (κ2) is 19.3. The molecule has 3 aromatic carbocycles. The van der Waals surface area contributed by atoms with Crippen LogP contribution in [0.15, 0.2) is 95.9 Å². The predicted octanol–water partition coefficient (Wildman–Crippen LogP) is 4.57. The first-order valence-corrected chi connectivity index (χ1v) is 16.8. The lowest BCUT2D eigenvalue weighted by Gasteiger charge is -2.30. The molecule has 0 bridgehead atoms. The average Bonchev–Trinajstić information content (AvgIpc) is 3.04. The van der Waals surface area contributed by atoms with Gasteiger partial charge in [0.1, 0.15) is 0 Å². The van der Waals surface area contributed by atoms with E-state index in [1.807, 2.05) is 93.6 Å². The van der Waals surface area contributed by atoms with Crippen molar-refractivity contribution in [3.63, 3.8) is 0 Å². The Morgan fingerprint density at radius 1 is 0.872 bits per heavy atom. The van der Waals surface area contributed by atoms with E-state index >= 15 is 0 Å². The van der Waals surface area contributed by atoms with Gasteiger partial charge in [-0.25, -0.2) is 5.48 Å². The number of rotatable bonds is 13. The number of hydrogen-bond acceptors (Lipinski definition) is 7. The van der Waals surface area contributed by atoms with Crippen LogP contribution < -0.4 is 16.6 Å². The quantitative estimate of drug-likeness (QED) is 0.100. The largest absolute Gasteiger partial charge is 0.320 e. The molecule has 0 aliphatic carbocycles. The van der Waals surface area contributed by atoms with Crippen LogP contribution in [0.3, 0.4) is 0 Å². The average molecular weight is 667 g/mol. The summed E-state index contributed by atoms with van der Waals surface area (Å²) in [7, 11) is -4.02. The second-order valence-corrected chi connectivity index (χ2v) is 13.1. The number of hydrazine groups is 1. The molecule has 0 aromatic heterocycles. The second-order valence-electron chi connectivity index (χ2n) is 11.6. The minimum absolute atomic E-state index is 0.0666. The minimum atomic E-state index is -4.02. The molecule has 254 valence electrons. The molecule has 11 nitrogen and oxygen atoms in total. The van der Waals surface area contributed by atoms with Gasteiger partial charge in [-0.2, -0.15) is 8.42 Å². The Hall–Kier alpha value is -4.36. The summed E-state index contributed by atoms with van der Waals surface area (Å²) in [5.41, 5.74) is 13.2. The van der Waals surface area contributed by atoms with Gasteiger partial charge in [-0.1, -0.05) is 104 Å². The maximum atomic E-state index is 13.5. The third kappa shape index (κ3) is 13.9. The van der Waals surface area contributed by atoms with Crippen molar-refractivity contribution in [2.45, 2.75) is 57.9 Å². The number of nitrogens with one attached hydrogen (secondary N) is 2. The first kappa shape index (κ1) is 38.8. The lowest BCUT2D eigenvalue weighted by Crippen LogP contribution is -2.55. The van der Waals surface area contributed by atoms with Crippen LogP contribution in [0.1, 0.15) is 50.3 Å². The molecule has 3 aromatic rings. The number of carbonyl (C=O) groups is 3. The van der Waals surface area contributed by atoms with Crippen LogP contribution >= 0.6 is 0 Å². The van der Waals surface area contributed by atoms with E-state index in [0.717, 1.165) is 16.7 Å². The summed E-state index contributed by atoms with van der Waals surface area (Å²) in [6.07, 6.45) is 4.83. The summed E-state index contributed by atoms with van der Waals surface area (Å²) in [5.74, 6) is -3.06. The van der Waals surface area contributed by atoms with Gasteiger partial charge in [0.2, 0.25) is 11.8 Å². The molecule has 0 heterocycles. The van der Waals surface area contributed by atoms with E-state index in [0.29, 0.717) is 12.8 Å². The molecule has 0 unspecified atom stereocenters. The van der Waals surface area contributed by atoms with Crippen molar-refractivity contribution >= 4 is 33.9 Å². The van der Waals surface area contributed by atoms with Crippen molar-refractivity contribution in [2.75, 3.05) is 6.54 Å². The summed E-state index contributed by atoms with van der Waals surface area (Å²) in [4.78, 5) is 38.9. The highest BCUT2D eigenvalue weighted by atomic mass is 32.2. The van der Waals surface area contributed by atoms with Crippen LogP contribution in [0.5, 0.6) is 0 Å². The van der Waals surface area contributed by atoms with E-state index in [4.69, 9.17) is 10.3 Å². The van der Waals surface area contributed by atoms with Crippen molar-refractivity contribution in [2.24, 2.45) is 23.5 Å². The predicted molar refractivity (Wildman–Crippen MR) is 181 cm³/mol. The number of amides is 3. The molecular formula is C35H46N4O7S. The van der Waals surface area contributed by atoms with E-state index in [1.54, 1.807) is 24.5 Å². The van der Waals surface area contributed by atoms with Gasteiger partial charge < -0.3 is 5.73 Å². The molecule has 0 saturated heterocycles. The molecule has 0 radical (unpaired) electrons. The third-order valence-corrected chi connectivity index (χ3v) is 8.05. The number of benzene rings is 3. The van der Waals surface area contributed by atoms with Crippen LogP contribution in [-0.2, 0) is 30.9 Å². The van der Waals surface area contributed by atoms with Crippen molar-refractivity contribution in [3.05, 3.63) is 108 Å². The van der Waals surface area contributed by atoms with E-state index < -0.39 is 45.7 Å². The summed E-state index contributed by atoms with van der Waals surface area (Å²) in [6.45, 7) is 7.54. The molecule has 3 atom stereocenters. The highest BCUT2D eigenvalue weighted by Crippen LogP contribution is 2.26. The van der Waals surface area contributed by atoms with Gasteiger partial charge in [-0.3, -0.25) is 34.6 Å². The number of allylic oxidation sites excluding steroid dienone is 1. The molecule has 0 spiro atoms. The smallest absolute Gasteiger partial charge is 0.294 e. The fourth-order valence-electron chi connectivity index (χ4n) is 4.69. The molecule has 0 fully saturated rings. The number of hydrogen-bond donors (Lipinski definition) is 5. The molecule has 0 aliphatic heterocycles. The molecule has 3 rings (SSSR count). The number of nitrogens with zero attached hydrogens (tertiary/aromatic N) is 1. The fraction of sp³-hybridized carbons (Fsp3) is 0.343. The van der Waals surface area contributed by atoms with E-state index in [-0.39, 0.29) is 23.8 Å². The summed E-state index contributed by atoms with van der Waals surface area (Å²) < 4.78 is 29.6. The van der Waals surface area contributed by atoms with Crippen LogP contribution in [0, 0.1) is 24.7 Å². The Balaban J connectivity index is 0.000000587. The molecule has 6 N–H and O–H groups in total. The lowest BCUT2D eigenvalue weighted by atomic mass is 9.82. The van der Waals surface area contributed by atoms with E-state index in [9.17, 15) is 28.0 Å². The zero-order chi connectivity index (χ0) is 35.0. The fourth-order valence-corrected chi connectivity index (χ4v) is 5.17. The normalized spacial score (nSPS) is 13.2. The van der Waals surface area contributed by atoms with Crippen LogP contribution in [0.2, 0.25) is 0 Å². The summed E-state index contributed by atoms with van der Waals surface area (Å²) in [5, 5.41) is 10.6. The maximum Gasteiger partial charge on any atom is 0.294 e. The summed E-state index contributed by atoms with van der Waals surface area (Å²) in [6, 6.07) is 24.4. The molecule has 0 saturated carbocycles. The number of aryl methyl sites for hydroxylation is 1. The van der Waals surface area contributed by atoms with Gasteiger partial charge in [-0.05, 0) is 62.3 Å². The molecule has 0 aliphatic rings. The molecular weight excluding hydrogens is 620 g/mol. The van der Waals surface area contributed by atoms with Crippen molar-refractivity contribution in [1.82, 2.24) is 15.9 Å². The van der Waals surface area contributed by atoms with Crippen LogP contribution in [0.25, 0.3) is 6.08 Å². The van der Waals surface area contributed by atoms with Crippen molar-refractivity contribution in [3.8, 4) is 0 Å². The maximum absolute atomic E-state index is 13.5. The molecule has 3 amide bonds. The minimum Gasteiger partial charge on any atom is -0.320 e. The highest BCUT2D eigenvalue weighted by Gasteiger charge is 2.35. The Morgan fingerprint density at radius 3 is 1.96 bits per heavy atom. The van der Waals surface area contributed by atoms with E-state index in [1.165, 1.54) is 17.1 Å². The van der Waals surface area contributed by atoms with Gasteiger partial charge in [-0.15, -0.1) is 0 Å². The first-order valence-electron chi connectivity index (χ1n) is 15.3. The van der Waals surface area contributed by atoms with E-state index in [2.05, 4.69) is 5.43 Å². The number of nitrogens with two attached hydrogens (primary N) is 1.